The molecule has 0 aliphatic heterocycles. The van der Waals surface area contributed by atoms with Gasteiger partial charge in [0.05, 0.1) is 33.4 Å². The third kappa shape index (κ3) is 10.1. The van der Waals surface area contributed by atoms with Crippen LogP contribution >= 0.6 is 0 Å². The molecule has 0 bridgehead atoms. The second-order valence-electron chi connectivity index (χ2n) is 20.2. The van der Waals surface area contributed by atoms with Gasteiger partial charge in [0.2, 0.25) is 0 Å². The molecule has 24 heteroatoms. The predicted octanol–water partition coefficient (Wildman–Crippen LogP) is 21.7. The summed E-state index contributed by atoms with van der Waals surface area (Å²) in [6.45, 7) is 0. The molecule has 0 atom stereocenters. The minimum absolute atomic E-state index is 0.000114. The first-order valence-electron chi connectivity index (χ1n) is 25.3. The first kappa shape index (κ1) is 56.3. The van der Waals surface area contributed by atoms with Crippen LogP contribution in [-0.4, -0.2) is 15.0 Å². The molecule has 6 aromatic heterocycles. The molecule has 13 rings (SSSR count). The van der Waals surface area contributed by atoms with Crippen LogP contribution in [0.2, 0.25) is 0 Å². The van der Waals surface area contributed by atoms with E-state index in [9.17, 15) is 79.0 Å². The van der Waals surface area contributed by atoms with Gasteiger partial charge >= 0.3 is 37.1 Å². The fourth-order valence-corrected chi connectivity index (χ4v) is 10.7. The maximum absolute atomic E-state index is 14.0. The molecule has 0 unspecified atom stereocenters. The van der Waals surface area contributed by atoms with Crippen LogP contribution in [0.15, 0.2) is 177 Å². The maximum atomic E-state index is 14.0. The van der Waals surface area contributed by atoms with Crippen molar-refractivity contribution in [1.82, 2.24) is 15.0 Å². The third-order valence-corrected chi connectivity index (χ3v) is 14.7. The van der Waals surface area contributed by atoms with E-state index in [1.807, 2.05) is 0 Å². The zero-order valence-corrected chi connectivity index (χ0v) is 43.0. The normalized spacial score (nSPS) is 13.2. The number of nitrogens with zero attached hydrogens (tertiary/aromatic N) is 3. The molecule has 0 fully saturated rings. The SMILES string of the molecule is FC(F)(F)c1cc(-c2ccc3oc4c(-c5cc(-c6ccnc7c6oc6ccc(-c8cc(C(F)(F)F)cc(C(F)(F)F)c8)cc67)cc(-c6ccnc7c6oc6ccc(-c8cc(C(F)(F)F)cc(C(F)(F)F)c8)cc67)c5)ccnc4c3c2)cc(C(F)(F)F)c1. The van der Waals surface area contributed by atoms with E-state index in [0.29, 0.717) is 69.8 Å². The van der Waals surface area contributed by atoms with Gasteiger partial charge in [-0.15, -0.1) is 0 Å². The molecule has 0 radical (unpaired) electrons. The summed E-state index contributed by atoms with van der Waals surface area (Å²) in [4.78, 5) is 13.5. The molecular weight excluding hydrogens is 1190 g/mol. The number of hydrogen-bond donors (Lipinski definition) is 0. The Bertz CT molecular complexity index is 4380. The van der Waals surface area contributed by atoms with E-state index in [1.165, 1.54) is 73.2 Å². The molecule has 13 aromatic rings. The lowest BCUT2D eigenvalue weighted by Gasteiger charge is -2.14. The van der Waals surface area contributed by atoms with Gasteiger partial charge in [-0.2, -0.15) is 79.0 Å². The topological polar surface area (TPSA) is 78.1 Å². The van der Waals surface area contributed by atoms with Crippen molar-refractivity contribution in [1.29, 1.82) is 0 Å². The van der Waals surface area contributed by atoms with Crippen LogP contribution < -0.4 is 0 Å². The fraction of sp³-hybridized carbons (Fsp3) is 0.0952. The van der Waals surface area contributed by atoms with E-state index < -0.39 is 87.1 Å². The van der Waals surface area contributed by atoms with Crippen LogP contribution in [0, 0.1) is 0 Å². The van der Waals surface area contributed by atoms with E-state index in [2.05, 4.69) is 15.0 Å². The van der Waals surface area contributed by atoms with Gasteiger partial charge in [-0.3, -0.25) is 15.0 Å². The molecule has 0 saturated carbocycles. The van der Waals surface area contributed by atoms with Crippen LogP contribution in [0.4, 0.5) is 79.0 Å². The van der Waals surface area contributed by atoms with Crippen LogP contribution in [-0.2, 0) is 37.1 Å². The summed E-state index contributed by atoms with van der Waals surface area (Å²) in [5, 5.41) is 0.545. The Labute approximate surface area is 473 Å². The average Bonchev–Trinajstić information content (AvgIpc) is 1.79. The van der Waals surface area contributed by atoms with Gasteiger partial charge in [0, 0.05) is 51.4 Å². The Morgan fingerprint density at radius 2 is 0.460 bits per heavy atom. The summed E-state index contributed by atoms with van der Waals surface area (Å²) in [7, 11) is 0. The van der Waals surface area contributed by atoms with Gasteiger partial charge in [0.25, 0.3) is 0 Å². The van der Waals surface area contributed by atoms with Crippen molar-refractivity contribution >= 4 is 66.2 Å². The smallest absolute Gasteiger partial charge is 0.416 e. The molecule has 0 amide bonds. The van der Waals surface area contributed by atoms with E-state index in [0.717, 1.165) is 0 Å². The minimum atomic E-state index is -5.15. The van der Waals surface area contributed by atoms with Crippen molar-refractivity contribution in [2.75, 3.05) is 0 Å². The molecule has 0 N–H and O–H groups in total. The Morgan fingerprint density at radius 3 is 0.678 bits per heavy atom. The van der Waals surface area contributed by atoms with Gasteiger partial charge in [-0.25, -0.2) is 0 Å². The molecule has 6 nitrogen and oxygen atoms in total. The molecular formula is C63H27F18N3O3. The first-order chi connectivity index (χ1) is 40.8. The van der Waals surface area contributed by atoms with E-state index >= 15 is 0 Å². The Kier molecular flexibility index (Phi) is 12.5. The second-order valence-corrected chi connectivity index (χ2v) is 20.2. The lowest BCUT2D eigenvalue weighted by Crippen LogP contribution is -2.11. The molecule has 0 aliphatic carbocycles. The van der Waals surface area contributed by atoms with Crippen LogP contribution in [0.3, 0.4) is 0 Å². The van der Waals surface area contributed by atoms with E-state index in [-0.39, 0.29) is 101 Å². The van der Waals surface area contributed by atoms with Crippen molar-refractivity contribution in [3.8, 4) is 66.8 Å². The number of rotatable bonds is 6. The number of alkyl halides is 18. The molecule has 6 heterocycles. The van der Waals surface area contributed by atoms with Crippen molar-refractivity contribution in [3.05, 3.63) is 198 Å². The highest BCUT2D eigenvalue weighted by Crippen LogP contribution is 2.48. The largest absolute Gasteiger partial charge is 0.454 e. The first-order valence-corrected chi connectivity index (χ1v) is 25.3. The Morgan fingerprint density at radius 1 is 0.230 bits per heavy atom. The van der Waals surface area contributed by atoms with Crippen molar-refractivity contribution in [2.45, 2.75) is 37.1 Å². The number of aromatic nitrogens is 3. The van der Waals surface area contributed by atoms with Crippen molar-refractivity contribution < 1.29 is 92.3 Å². The van der Waals surface area contributed by atoms with Crippen molar-refractivity contribution in [2.24, 2.45) is 0 Å². The number of benzene rings is 7. The molecule has 438 valence electrons. The number of halogens is 18. The van der Waals surface area contributed by atoms with Gasteiger partial charge < -0.3 is 13.3 Å². The summed E-state index contributed by atoms with van der Waals surface area (Å²) in [5.41, 5.74) is -7.88. The lowest BCUT2D eigenvalue weighted by molar-refractivity contribution is -0.144. The van der Waals surface area contributed by atoms with Gasteiger partial charge in [-0.1, -0.05) is 18.2 Å². The molecule has 7 aromatic carbocycles. The highest BCUT2D eigenvalue weighted by Gasteiger charge is 2.40. The van der Waals surface area contributed by atoms with Gasteiger partial charge in [0.15, 0.2) is 16.7 Å². The van der Waals surface area contributed by atoms with E-state index in [4.69, 9.17) is 13.3 Å². The highest BCUT2D eigenvalue weighted by molar-refractivity contribution is 6.12. The van der Waals surface area contributed by atoms with E-state index in [1.54, 1.807) is 36.4 Å². The Balaban J connectivity index is 1.00. The zero-order chi connectivity index (χ0) is 61.7. The molecule has 0 aliphatic rings. The third-order valence-electron chi connectivity index (χ3n) is 14.7. The van der Waals surface area contributed by atoms with Gasteiger partial charge in [0.1, 0.15) is 33.3 Å². The summed E-state index contributed by atoms with van der Waals surface area (Å²) >= 11 is 0. The number of pyridine rings is 3. The number of furan rings is 3. The summed E-state index contributed by atoms with van der Waals surface area (Å²) in [5.74, 6) is 0. The summed E-state index contributed by atoms with van der Waals surface area (Å²) < 4.78 is 271. The lowest BCUT2D eigenvalue weighted by atomic mass is 9.93. The monoisotopic (exact) mass is 1220 g/mol. The number of fused-ring (bicyclic) bond motifs is 9. The summed E-state index contributed by atoms with van der Waals surface area (Å²) in [6, 6.07) is 24.9. The van der Waals surface area contributed by atoms with Crippen LogP contribution in [0.25, 0.3) is 133 Å². The maximum Gasteiger partial charge on any atom is 0.416 e. The standard InChI is InChI=1S/C63H27F18N3O3/c64-58(65,66)37-16-31(17-38(25-37)59(67,68)69)28-1-4-49-46(22-28)52-55(85-49)43(7-10-82-52)34-13-35(44-8-11-83-53-47-23-29(2-5-50(47)86-56(44)53)32-18-39(60(70,71)72)26-40(19-32)61(73,74)75)15-36(14-34)45-9-12-84-54-48-24-30(3-6-51(48)87-57(45)54)33-20-41(62(76,77)78)27-42(21-33)63(79,80)81/h1-27H. The van der Waals surface area contributed by atoms with Crippen LogP contribution in [0.1, 0.15) is 33.4 Å². The quantitative estimate of drug-likeness (QED) is 0.154. The molecule has 87 heavy (non-hydrogen) atoms. The Hall–Kier alpha value is -9.87. The predicted molar refractivity (Wildman–Crippen MR) is 284 cm³/mol. The highest BCUT2D eigenvalue weighted by atomic mass is 19.4. The van der Waals surface area contributed by atoms with Gasteiger partial charge in [-0.05, 0) is 177 Å². The second kappa shape index (κ2) is 19.3. The average molecular weight is 1220 g/mol. The number of hydrogen-bond acceptors (Lipinski definition) is 6. The minimum Gasteiger partial charge on any atom is -0.454 e. The van der Waals surface area contributed by atoms with Crippen LogP contribution in [0.5, 0.6) is 0 Å². The molecule has 0 spiro atoms. The van der Waals surface area contributed by atoms with Crippen molar-refractivity contribution in [3.63, 3.8) is 0 Å². The fourth-order valence-electron chi connectivity index (χ4n) is 10.7. The molecule has 0 saturated heterocycles. The summed E-state index contributed by atoms with van der Waals surface area (Å²) in [6.07, 6.45) is -26.8. The zero-order valence-electron chi connectivity index (χ0n) is 43.0.